The standard InChI is InChI=1S/C12H19N3O2/c1-2-10(1)12-14-11(15-17-12)8-16-7-9-3-5-13-6-4-9/h9-10,13H,1-8H2. The number of aromatic nitrogens is 2. The zero-order valence-corrected chi connectivity index (χ0v) is 10.0. The summed E-state index contributed by atoms with van der Waals surface area (Å²) in [5, 5.41) is 7.29. The molecule has 0 amide bonds. The molecule has 1 aromatic rings. The number of hydrogen-bond donors (Lipinski definition) is 1. The molecule has 5 nitrogen and oxygen atoms in total. The predicted octanol–water partition coefficient (Wildman–Crippen LogP) is 1.46. The third kappa shape index (κ3) is 3.04. The normalized spacial score (nSPS) is 21.9. The molecule has 1 saturated carbocycles. The predicted molar refractivity (Wildman–Crippen MR) is 61.5 cm³/mol. The number of ether oxygens (including phenoxy) is 1. The first-order valence-corrected chi connectivity index (χ1v) is 6.53. The van der Waals surface area contributed by atoms with Gasteiger partial charge in [-0.25, -0.2) is 0 Å². The molecule has 2 aliphatic rings. The fraction of sp³-hybridized carbons (Fsp3) is 0.833. The highest BCUT2D eigenvalue weighted by atomic mass is 16.5. The van der Waals surface area contributed by atoms with E-state index in [9.17, 15) is 0 Å². The van der Waals surface area contributed by atoms with Crippen molar-refractivity contribution in [3.8, 4) is 0 Å². The van der Waals surface area contributed by atoms with E-state index < -0.39 is 0 Å². The number of piperidine rings is 1. The van der Waals surface area contributed by atoms with Crippen LogP contribution in [0, 0.1) is 5.92 Å². The van der Waals surface area contributed by atoms with Gasteiger partial charge in [-0.15, -0.1) is 0 Å². The van der Waals surface area contributed by atoms with E-state index in [4.69, 9.17) is 9.26 Å². The maximum atomic E-state index is 5.66. The van der Waals surface area contributed by atoms with Crippen LogP contribution in [0.4, 0.5) is 0 Å². The van der Waals surface area contributed by atoms with Crippen LogP contribution in [0.5, 0.6) is 0 Å². The van der Waals surface area contributed by atoms with E-state index >= 15 is 0 Å². The van der Waals surface area contributed by atoms with Crippen LogP contribution < -0.4 is 5.32 Å². The summed E-state index contributed by atoms with van der Waals surface area (Å²) >= 11 is 0. The Morgan fingerprint density at radius 2 is 2.06 bits per heavy atom. The molecule has 0 spiro atoms. The van der Waals surface area contributed by atoms with Gasteiger partial charge in [-0.1, -0.05) is 5.16 Å². The number of rotatable bonds is 5. The summed E-state index contributed by atoms with van der Waals surface area (Å²) < 4.78 is 10.8. The summed E-state index contributed by atoms with van der Waals surface area (Å²) in [7, 11) is 0. The first-order chi connectivity index (χ1) is 8.42. The quantitative estimate of drug-likeness (QED) is 0.840. The molecule has 2 fully saturated rings. The Morgan fingerprint density at radius 3 is 2.82 bits per heavy atom. The maximum Gasteiger partial charge on any atom is 0.229 e. The second-order valence-electron chi connectivity index (χ2n) is 5.03. The largest absolute Gasteiger partial charge is 0.373 e. The van der Waals surface area contributed by atoms with E-state index in [1.54, 1.807) is 0 Å². The Hall–Kier alpha value is -0.940. The molecule has 94 valence electrons. The van der Waals surface area contributed by atoms with Crippen molar-refractivity contribution in [2.45, 2.75) is 38.2 Å². The van der Waals surface area contributed by atoms with Crippen molar-refractivity contribution in [2.24, 2.45) is 5.92 Å². The summed E-state index contributed by atoms with van der Waals surface area (Å²) in [5.41, 5.74) is 0. The highest BCUT2D eigenvalue weighted by Crippen LogP contribution is 2.38. The molecule has 0 aromatic carbocycles. The van der Waals surface area contributed by atoms with E-state index in [1.807, 2.05) is 0 Å². The van der Waals surface area contributed by atoms with E-state index in [1.165, 1.54) is 25.7 Å². The van der Waals surface area contributed by atoms with Crippen LogP contribution in [-0.4, -0.2) is 29.8 Å². The number of nitrogens with zero attached hydrogens (tertiary/aromatic N) is 2. The molecular formula is C12H19N3O2. The third-order valence-electron chi connectivity index (χ3n) is 3.45. The van der Waals surface area contributed by atoms with E-state index in [2.05, 4.69) is 15.5 Å². The smallest absolute Gasteiger partial charge is 0.229 e. The fourth-order valence-electron chi connectivity index (χ4n) is 2.19. The molecule has 1 aliphatic carbocycles. The first kappa shape index (κ1) is 11.2. The van der Waals surface area contributed by atoms with Crippen molar-refractivity contribution < 1.29 is 9.26 Å². The molecule has 2 heterocycles. The van der Waals surface area contributed by atoms with Gasteiger partial charge in [-0.2, -0.15) is 4.98 Å². The van der Waals surface area contributed by atoms with Crippen LogP contribution in [-0.2, 0) is 11.3 Å². The van der Waals surface area contributed by atoms with Gasteiger partial charge in [-0.3, -0.25) is 0 Å². The van der Waals surface area contributed by atoms with Crippen molar-refractivity contribution >= 4 is 0 Å². The van der Waals surface area contributed by atoms with Crippen LogP contribution in [0.1, 0.15) is 43.3 Å². The summed E-state index contributed by atoms with van der Waals surface area (Å²) in [5.74, 6) is 2.71. The molecule has 1 aromatic heterocycles. The monoisotopic (exact) mass is 237 g/mol. The van der Waals surface area contributed by atoms with Gasteiger partial charge in [0.25, 0.3) is 0 Å². The van der Waals surface area contributed by atoms with Gasteiger partial charge in [0.15, 0.2) is 5.82 Å². The van der Waals surface area contributed by atoms with E-state index in [0.717, 1.165) is 25.6 Å². The van der Waals surface area contributed by atoms with Gasteiger partial charge >= 0.3 is 0 Å². The minimum atomic E-state index is 0.486. The van der Waals surface area contributed by atoms with Gasteiger partial charge in [0.05, 0.1) is 6.61 Å². The summed E-state index contributed by atoms with van der Waals surface area (Å²) in [4.78, 5) is 4.34. The van der Waals surface area contributed by atoms with Crippen LogP contribution in [0.2, 0.25) is 0 Å². The van der Waals surface area contributed by atoms with Gasteiger partial charge < -0.3 is 14.6 Å². The second-order valence-corrected chi connectivity index (χ2v) is 5.03. The lowest BCUT2D eigenvalue weighted by Gasteiger charge is -2.21. The van der Waals surface area contributed by atoms with Crippen molar-refractivity contribution in [1.29, 1.82) is 0 Å². The molecule has 1 N–H and O–H groups in total. The number of hydrogen-bond acceptors (Lipinski definition) is 5. The lowest BCUT2D eigenvalue weighted by molar-refractivity contribution is 0.0711. The minimum absolute atomic E-state index is 0.486. The second kappa shape index (κ2) is 5.14. The Labute approximate surface area is 101 Å². The highest BCUT2D eigenvalue weighted by Gasteiger charge is 2.29. The third-order valence-corrected chi connectivity index (χ3v) is 3.45. The molecule has 17 heavy (non-hydrogen) atoms. The molecule has 1 saturated heterocycles. The van der Waals surface area contributed by atoms with Gasteiger partial charge in [-0.05, 0) is 44.7 Å². The Morgan fingerprint density at radius 1 is 1.24 bits per heavy atom. The Balaban J connectivity index is 1.40. The topological polar surface area (TPSA) is 60.2 Å². The lowest BCUT2D eigenvalue weighted by Crippen LogP contribution is -2.29. The molecule has 0 bridgehead atoms. The molecule has 0 radical (unpaired) electrons. The molecule has 3 rings (SSSR count). The molecule has 0 unspecified atom stereocenters. The summed E-state index contributed by atoms with van der Waals surface area (Å²) in [6.07, 6.45) is 4.80. The van der Waals surface area contributed by atoms with Crippen LogP contribution in [0.25, 0.3) is 0 Å². The SMILES string of the molecule is C1CC(COCc2noc(C3CC3)n2)CCN1. The van der Waals surface area contributed by atoms with Gasteiger partial charge in [0.1, 0.15) is 6.61 Å². The average Bonchev–Trinajstić information content (AvgIpc) is 3.11. The maximum absolute atomic E-state index is 5.66. The summed E-state index contributed by atoms with van der Waals surface area (Å²) in [6, 6.07) is 0. The van der Waals surface area contributed by atoms with E-state index in [0.29, 0.717) is 24.3 Å². The molecule has 0 atom stereocenters. The van der Waals surface area contributed by atoms with Crippen molar-refractivity contribution in [3.63, 3.8) is 0 Å². The number of nitrogens with one attached hydrogen (secondary N) is 1. The Bertz CT molecular complexity index is 356. The van der Waals surface area contributed by atoms with Crippen LogP contribution >= 0.6 is 0 Å². The zero-order valence-electron chi connectivity index (χ0n) is 10.0. The minimum Gasteiger partial charge on any atom is -0.373 e. The zero-order chi connectivity index (χ0) is 11.5. The van der Waals surface area contributed by atoms with Gasteiger partial charge in [0.2, 0.25) is 5.89 Å². The molecule has 5 heteroatoms. The van der Waals surface area contributed by atoms with Crippen molar-refractivity contribution in [1.82, 2.24) is 15.5 Å². The van der Waals surface area contributed by atoms with Crippen LogP contribution in [0.15, 0.2) is 4.52 Å². The van der Waals surface area contributed by atoms with Crippen LogP contribution in [0.3, 0.4) is 0 Å². The molecule has 1 aliphatic heterocycles. The molecular weight excluding hydrogens is 218 g/mol. The van der Waals surface area contributed by atoms with Gasteiger partial charge in [0, 0.05) is 5.92 Å². The van der Waals surface area contributed by atoms with Crippen molar-refractivity contribution in [3.05, 3.63) is 11.7 Å². The van der Waals surface area contributed by atoms with E-state index in [-0.39, 0.29) is 0 Å². The highest BCUT2D eigenvalue weighted by molar-refractivity contribution is 5.01. The van der Waals surface area contributed by atoms with Crippen molar-refractivity contribution in [2.75, 3.05) is 19.7 Å². The Kier molecular flexibility index (Phi) is 3.38. The first-order valence-electron chi connectivity index (χ1n) is 6.53. The average molecular weight is 237 g/mol. The fourth-order valence-corrected chi connectivity index (χ4v) is 2.19. The summed E-state index contributed by atoms with van der Waals surface area (Å²) in [6.45, 7) is 3.53. The lowest BCUT2D eigenvalue weighted by atomic mass is 9.99.